The first kappa shape index (κ1) is 27.1. The van der Waals surface area contributed by atoms with Crippen molar-refractivity contribution >= 4 is 45.8 Å². The standard InChI is InChI=1S/C25H19ClF3N5O3S/c1-13(30)37-21(31)12-34-11-19(17-8-15(25(27,28)29)5-7-20(17)26)18(9-22(34)35)23(36)33-24-32-10-16(38-24)6-4-14-2-3-14/h5,7-11,14,30-31H,2-3,12H2,1H3,(H,32,33,36). The fourth-order valence-electron chi connectivity index (χ4n) is 3.33. The zero-order chi connectivity index (χ0) is 27.6. The second-order valence-electron chi connectivity index (χ2n) is 8.37. The van der Waals surface area contributed by atoms with Gasteiger partial charge in [0.05, 0.1) is 22.2 Å². The third-order valence-electron chi connectivity index (χ3n) is 5.25. The molecule has 38 heavy (non-hydrogen) atoms. The van der Waals surface area contributed by atoms with E-state index in [1.165, 1.54) is 13.1 Å². The molecule has 13 heteroatoms. The number of halogens is 4. The Morgan fingerprint density at radius 1 is 1.29 bits per heavy atom. The van der Waals surface area contributed by atoms with Crippen LogP contribution in [-0.2, 0) is 17.5 Å². The number of benzene rings is 1. The van der Waals surface area contributed by atoms with E-state index in [-0.39, 0.29) is 32.7 Å². The largest absolute Gasteiger partial charge is 0.428 e. The summed E-state index contributed by atoms with van der Waals surface area (Å²) in [4.78, 5) is 30.8. The van der Waals surface area contributed by atoms with E-state index in [0.29, 0.717) is 10.8 Å². The van der Waals surface area contributed by atoms with Crippen molar-refractivity contribution in [1.82, 2.24) is 9.55 Å². The van der Waals surface area contributed by atoms with Crippen LogP contribution in [0.25, 0.3) is 11.1 Å². The molecular weight excluding hydrogens is 543 g/mol. The number of thiazole rings is 1. The Bertz CT molecular complexity index is 1560. The summed E-state index contributed by atoms with van der Waals surface area (Å²) in [6.07, 6.45) is 0.0362. The van der Waals surface area contributed by atoms with Gasteiger partial charge in [0.2, 0.25) is 5.90 Å². The predicted octanol–water partition coefficient (Wildman–Crippen LogP) is 5.65. The molecule has 2 aromatic heterocycles. The fraction of sp³-hybridized carbons (Fsp3) is 0.240. The number of alkyl halides is 3. The van der Waals surface area contributed by atoms with Crippen molar-refractivity contribution < 1.29 is 22.7 Å². The highest BCUT2D eigenvalue weighted by atomic mass is 35.5. The molecule has 1 saturated carbocycles. The summed E-state index contributed by atoms with van der Waals surface area (Å²) in [6, 6.07) is 3.57. The van der Waals surface area contributed by atoms with Crippen molar-refractivity contribution in [3.63, 3.8) is 0 Å². The van der Waals surface area contributed by atoms with E-state index >= 15 is 0 Å². The smallest absolute Gasteiger partial charge is 0.416 e. The van der Waals surface area contributed by atoms with Crippen LogP contribution < -0.4 is 10.9 Å². The first-order chi connectivity index (χ1) is 17.9. The van der Waals surface area contributed by atoms with Crippen molar-refractivity contribution in [2.24, 2.45) is 5.92 Å². The van der Waals surface area contributed by atoms with Gasteiger partial charge < -0.3 is 9.30 Å². The third-order valence-corrected chi connectivity index (χ3v) is 6.41. The number of amides is 1. The summed E-state index contributed by atoms with van der Waals surface area (Å²) >= 11 is 7.36. The maximum atomic E-state index is 13.5. The van der Waals surface area contributed by atoms with Crippen LogP contribution in [0, 0.1) is 28.6 Å². The van der Waals surface area contributed by atoms with Gasteiger partial charge in [0.15, 0.2) is 11.0 Å². The molecule has 1 amide bonds. The van der Waals surface area contributed by atoms with Gasteiger partial charge in [-0.2, -0.15) is 13.2 Å². The molecule has 0 atom stereocenters. The van der Waals surface area contributed by atoms with Crippen molar-refractivity contribution in [1.29, 1.82) is 10.8 Å². The Morgan fingerprint density at radius 3 is 2.68 bits per heavy atom. The lowest BCUT2D eigenvalue weighted by Gasteiger charge is -2.16. The van der Waals surface area contributed by atoms with E-state index < -0.39 is 35.6 Å². The lowest BCUT2D eigenvalue weighted by Crippen LogP contribution is -2.27. The molecule has 1 aliphatic carbocycles. The van der Waals surface area contributed by atoms with Gasteiger partial charge >= 0.3 is 6.18 Å². The number of hydrogen-bond donors (Lipinski definition) is 3. The lowest BCUT2D eigenvalue weighted by atomic mass is 9.99. The molecule has 1 fully saturated rings. The number of carbonyl (C=O) groups excluding carboxylic acids is 1. The summed E-state index contributed by atoms with van der Waals surface area (Å²) in [6.45, 7) is 0.857. The van der Waals surface area contributed by atoms with Crippen LogP contribution in [0.15, 0.2) is 41.5 Å². The van der Waals surface area contributed by atoms with Gasteiger partial charge in [-0.15, -0.1) is 0 Å². The molecule has 0 aliphatic heterocycles. The molecule has 0 spiro atoms. The Kier molecular flexibility index (Phi) is 7.71. The number of carbonyl (C=O) groups is 1. The molecule has 4 rings (SSSR count). The number of rotatable bonds is 5. The Hall–Kier alpha value is -3.95. The molecule has 0 radical (unpaired) electrons. The van der Waals surface area contributed by atoms with Gasteiger partial charge in [-0.3, -0.25) is 25.7 Å². The highest BCUT2D eigenvalue weighted by Crippen LogP contribution is 2.37. The van der Waals surface area contributed by atoms with E-state index in [0.717, 1.165) is 59.2 Å². The maximum Gasteiger partial charge on any atom is 0.416 e. The van der Waals surface area contributed by atoms with Gasteiger partial charge in [0.25, 0.3) is 11.5 Å². The maximum absolute atomic E-state index is 13.5. The summed E-state index contributed by atoms with van der Waals surface area (Å²) in [5.74, 6) is 4.90. The Morgan fingerprint density at radius 2 is 2.03 bits per heavy atom. The topological polar surface area (TPSA) is 121 Å². The molecular formula is C25H19ClF3N5O3S. The molecule has 196 valence electrons. The second-order valence-corrected chi connectivity index (χ2v) is 9.81. The number of ether oxygens (including phenoxy) is 1. The first-order valence-electron chi connectivity index (χ1n) is 11.1. The average Bonchev–Trinajstić information content (AvgIpc) is 3.55. The average molecular weight is 562 g/mol. The third kappa shape index (κ3) is 6.67. The molecule has 3 aromatic rings. The zero-order valence-electron chi connectivity index (χ0n) is 19.7. The Labute approximate surface area is 223 Å². The number of nitrogens with one attached hydrogen (secondary N) is 3. The minimum atomic E-state index is -4.69. The van der Waals surface area contributed by atoms with E-state index in [1.807, 2.05) is 0 Å². The van der Waals surface area contributed by atoms with Gasteiger partial charge in [-0.1, -0.05) is 34.8 Å². The minimum absolute atomic E-state index is 0.0807. The molecule has 0 bridgehead atoms. The Balaban J connectivity index is 1.75. The number of nitrogens with zero attached hydrogens (tertiary/aromatic N) is 2. The normalized spacial score (nSPS) is 12.9. The number of aromatic nitrogens is 2. The van der Waals surface area contributed by atoms with E-state index in [2.05, 4.69) is 22.1 Å². The summed E-state index contributed by atoms with van der Waals surface area (Å²) < 4.78 is 46.2. The monoisotopic (exact) mass is 561 g/mol. The summed E-state index contributed by atoms with van der Waals surface area (Å²) in [5, 5.41) is 17.8. The van der Waals surface area contributed by atoms with Gasteiger partial charge in [0.1, 0.15) is 6.54 Å². The van der Waals surface area contributed by atoms with Crippen LogP contribution >= 0.6 is 22.9 Å². The lowest BCUT2D eigenvalue weighted by molar-refractivity contribution is -0.137. The first-order valence-corrected chi connectivity index (χ1v) is 12.3. The van der Waals surface area contributed by atoms with Crippen molar-refractivity contribution in [2.45, 2.75) is 32.5 Å². The molecule has 3 N–H and O–H groups in total. The predicted molar refractivity (Wildman–Crippen MR) is 138 cm³/mol. The number of hydrogen-bond acceptors (Lipinski definition) is 7. The van der Waals surface area contributed by atoms with Crippen LogP contribution in [0.2, 0.25) is 5.02 Å². The van der Waals surface area contributed by atoms with Crippen molar-refractivity contribution in [2.75, 3.05) is 5.32 Å². The molecule has 2 heterocycles. The number of anilines is 1. The fourth-order valence-corrected chi connectivity index (χ4v) is 4.23. The van der Waals surface area contributed by atoms with Gasteiger partial charge in [-0.05, 0) is 31.0 Å². The zero-order valence-corrected chi connectivity index (χ0v) is 21.3. The van der Waals surface area contributed by atoms with Crippen LogP contribution in [-0.4, -0.2) is 27.3 Å². The van der Waals surface area contributed by atoms with E-state index in [9.17, 15) is 22.8 Å². The van der Waals surface area contributed by atoms with Gasteiger partial charge in [0, 0.05) is 41.3 Å². The molecule has 1 aromatic carbocycles. The van der Waals surface area contributed by atoms with E-state index in [4.69, 9.17) is 27.2 Å². The molecule has 1 aliphatic rings. The van der Waals surface area contributed by atoms with E-state index in [1.54, 1.807) is 0 Å². The summed E-state index contributed by atoms with van der Waals surface area (Å²) in [7, 11) is 0. The SMILES string of the molecule is CC(=N)OC(=N)Cn1cc(-c2cc(C(F)(F)F)ccc2Cl)c(C(=O)Nc2ncc(C#CC3CC3)s2)cc1=O. The van der Waals surface area contributed by atoms with Crippen LogP contribution in [0.5, 0.6) is 0 Å². The second kappa shape index (κ2) is 10.8. The highest BCUT2D eigenvalue weighted by Gasteiger charge is 2.32. The van der Waals surface area contributed by atoms with Crippen LogP contribution in [0.3, 0.4) is 0 Å². The highest BCUT2D eigenvalue weighted by molar-refractivity contribution is 7.16. The van der Waals surface area contributed by atoms with Crippen molar-refractivity contribution in [3.05, 3.63) is 68.0 Å². The summed E-state index contributed by atoms with van der Waals surface area (Å²) in [5.41, 5.74) is -2.21. The minimum Gasteiger partial charge on any atom is -0.428 e. The van der Waals surface area contributed by atoms with Crippen molar-refractivity contribution in [3.8, 4) is 23.0 Å². The van der Waals surface area contributed by atoms with Crippen LogP contribution in [0.4, 0.5) is 18.3 Å². The van der Waals surface area contributed by atoms with Gasteiger partial charge in [-0.25, -0.2) is 4.98 Å². The quantitative estimate of drug-likeness (QED) is 0.212. The number of pyridine rings is 1. The molecule has 8 nitrogen and oxygen atoms in total. The molecule has 0 unspecified atom stereocenters. The molecule has 0 saturated heterocycles. The van der Waals surface area contributed by atoms with Crippen LogP contribution in [0.1, 0.15) is 40.6 Å².